The molecule has 0 heterocycles. The first-order valence-corrected chi connectivity index (χ1v) is 10.4. The summed E-state index contributed by atoms with van der Waals surface area (Å²) in [5.41, 5.74) is 0.974. The van der Waals surface area contributed by atoms with E-state index < -0.39 is 24.3 Å². The second-order valence-corrected chi connectivity index (χ2v) is 8.01. The lowest BCUT2D eigenvalue weighted by Crippen LogP contribution is -2.41. The van der Waals surface area contributed by atoms with Crippen molar-refractivity contribution in [3.8, 4) is 5.75 Å². The lowest BCUT2D eigenvalue weighted by molar-refractivity contribution is -0.180. The number of methoxy groups -OCH3 is 1. The Morgan fingerprint density at radius 3 is 2.29 bits per heavy atom. The molecular weight excluding hydrogens is 398 g/mol. The molecule has 1 unspecified atom stereocenters. The highest BCUT2D eigenvalue weighted by Gasteiger charge is 2.28. The summed E-state index contributed by atoms with van der Waals surface area (Å²) in [5.74, 6) is -0.793. The molecule has 168 valence electrons. The Morgan fingerprint density at radius 2 is 1.71 bits per heavy atom. The zero-order valence-corrected chi connectivity index (χ0v) is 19.0. The molecule has 2 rings (SSSR count). The highest BCUT2D eigenvalue weighted by molar-refractivity contribution is 5.91. The lowest BCUT2D eigenvalue weighted by atomic mass is 10.0. The van der Waals surface area contributed by atoms with Crippen LogP contribution in [0.5, 0.6) is 5.75 Å². The molecule has 0 bridgehead atoms. The van der Waals surface area contributed by atoms with E-state index in [0.29, 0.717) is 6.42 Å². The van der Waals surface area contributed by atoms with Crippen LogP contribution in [0.2, 0.25) is 0 Å². The molecule has 0 saturated carbocycles. The lowest BCUT2D eigenvalue weighted by Gasteiger charge is -2.26. The van der Waals surface area contributed by atoms with E-state index in [2.05, 4.69) is 0 Å². The van der Waals surface area contributed by atoms with E-state index in [4.69, 9.17) is 14.2 Å². The van der Waals surface area contributed by atoms with Crippen LogP contribution in [0.15, 0.2) is 36.4 Å². The Kier molecular flexibility index (Phi) is 8.42. The first-order valence-electron chi connectivity index (χ1n) is 10.4. The number of imide groups is 1. The summed E-state index contributed by atoms with van der Waals surface area (Å²) < 4.78 is 16.0. The van der Waals surface area contributed by atoms with Gasteiger partial charge in [0.1, 0.15) is 5.75 Å². The summed E-state index contributed by atoms with van der Waals surface area (Å²) >= 11 is 0. The zero-order valence-electron chi connectivity index (χ0n) is 19.0. The molecule has 7 nitrogen and oxygen atoms in total. The predicted octanol–water partition coefficient (Wildman–Crippen LogP) is 4.56. The van der Waals surface area contributed by atoms with E-state index in [-0.39, 0.29) is 18.4 Å². The molecule has 0 aliphatic carbocycles. The van der Waals surface area contributed by atoms with Gasteiger partial charge in [0, 0.05) is 19.4 Å². The Hall–Kier alpha value is -3.09. The Morgan fingerprint density at radius 1 is 1.00 bits per heavy atom. The minimum atomic E-state index is -1.06. The molecular formula is C24H31NO6. The van der Waals surface area contributed by atoms with Crippen LogP contribution in [-0.2, 0) is 25.5 Å². The molecule has 2 aromatic carbocycles. The van der Waals surface area contributed by atoms with Crippen molar-refractivity contribution < 1.29 is 28.6 Å². The monoisotopic (exact) mass is 429 g/mol. The molecule has 0 N–H and O–H groups in total. The minimum absolute atomic E-state index is 0.132. The minimum Gasteiger partial charge on any atom is -0.497 e. The van der Waals surface area contributed by atoms with Gasteiger partial charge in [0.05, 0.1) is 13.0 Å². The van der Waals surface area contributed by atoms with E-state index in [1.54, 1.807) is 34.8 Å². The maximum atomic E-state index is 12.7. The molecule has 2 amide bonds. The van der Waals surface area contributed by atoms with Crippen LogP contribution in [0.3, 0.4) is 0 Å². The fourth-order valence-electron chi connectivity index (χ4n) is 2.98. The molecule has 0 aliphatic rings. The molecule has 0 spiro atoms. The van der Waals surface area contributed by atoms with Crippen molar-refractivity contribution in [1.29, 1.82) is 0 Å². The largest absolute Gasteiger partial charge is 0.497 e. The van der Waals surface area contributed by atoms with E-state index in [1.165, 1.54) is 6.92 Å². The number of hydrogen-bond acceptors (Lipinski definition) is 6. The van der Waals surface area contributed by atoms with Crippen LogP contribution < -0.4 is 4.74 Å². The normalized spacial score (nSPS) is 12.0. The summed E-state index contributed by atoms with van der Waals surface area (Å²) in [6, 6.07) is 11.7. The summed E-state index contributed by atoms with van der Waals surface area (Å²) in [6.07, 6.45) is -1.45. The third-order valence-electron chi connectivity index (χ3n) is 4.85. The zero-order chi connectivity index (χ0) is 23.1. The molecule has 0 aromatic heterocycles. The number of esters is 1. The second kappa shape index (κ2) is 10.8. The first-order chi connectivity index (χ1) is 14.6. The second-order valence-electron chi connectivity index (χ2n) is 8.01. The first kappa shape index (κ1) is 24.2. The van der Waals surface area contributed by atoms with Gasteiger partial charge >= 0.3 is 12.1 Å². The maximum Gasteiger partial charge on any atom is 0.419 e. The number of amides is 2. The van der Waals surface area contributed by atoms with Crippen molar-refractivity contribution in [2.24, 2.45) is 11.8 Å². The van der Waals surface area contributed by atoms with Crippen molar-refractivity contribution in [3.63, 3.8) is 0 Å². The average Bonchev–Trinajstić information content (AvgIpc) is 2.72. The van der Waals surface area contributed by atoms with Crippen LogP contribution in [0.25, 0.3) is 10.8 Å². The summed E-state index contributed by atoms with van der Waals surface area (Å²) in [6.45, 7) is 8.37. The van der Waals surface area contributed by atoms with Gasteiger partial charge in [0.15, 0.2) is 0 Å². The van der Waals surface area contributed by atoms with Gasteiger partial charge in [-0.3, -0.25) is 9.59 Å². The number of benzene rings is 2. The van der Waals surface area contributed by atoms with Gasteiger partial charge in [-0.05, 0) is 34.9 Å². The third kappa shape index (κ3) is 6.44. The molecule has 0 radical (unpaired) electrons. The fourth-order valence-corrected chi connectivity index (χ4v) is 2.98. The van der Waals surface area contributed by atoms with Crippen LogP contribution in [0.4, 0.5) is 4.79 Å². The molecule has 0 saturated heterocycles. The highest BCUT2D eigenvalue weighted by atomic mass is 16.7. The third-order valence-corrected chi connectivity index (χ3v) is 4.85. The quantitative estimate of drug-likeness (QED) is 0.452. The van der Waals surface area contributed by atoms with Crippen molar-refractivity contribution in [3.05, 3.63) is 42.0 Å². The van der Waals surface area contributed by atoms with Crippen molar-refractivity contribution in [2.75, 3.05) is 13.7 Å². The summed E-state index contributed by atoms with van der Waals surface area (Å²) in [4.78, 5) is 37.8. The SMILES string of the molecule is COc1ccc2cccc(CCN(C(C)=O)C(=O)OC(OC(=O)C(C)C)C(C)C)c2c1. The summed E-state index contributed by atoms with van der Waals surface area (Å²) in [5, 5.41) is 2.03. The standard InChI is InChI=1S/C24H31NO6/c1-15(2)22(27)30-23(16(3)4)31-24(28)25(17(5)26)13-12-19-9-7-8-18-10-11-20(29-6)14-21(18)19/h7-11,14-16,23H,12-13H2,1-6H3. The van der Waals surface area contributed by atoms with Gasteiger partial charge in [-0.1, -0.05) is 52.0 Å². The number of carbonyl (C=O) groups excluding carboxylic acids is 3. The number of carbonyl (C=O) groups is 3. The van der Waals surface area contributed by atoms with E-state index in [0.717, 1.165) is 27.0 Å². The molecule has 2 aromatic rings. The number of nitrogens with zero attached hydrogens (tertiary/aromatic N) is 1. The average molecular weight is 430 g/mol. The van der Waals surface area contributed by atoms with Gasteiger partial charge in [0.2, 0.25) is 5.91 Å². The van der Waals surface area contributed by atoms with Crippen molar-refractivity contribution in [2.45, 2.75) is 47.3 Å². The Bertz CT molecular complexity index is 937. The molecule has 1 atom stereocenters. The van der Waals surface area contributed by atoms with Gasteiger partial charge in [-0.25, -0.2) is 9.69 Å². The topological polar surface area (TPSA) is 82.1 Å². The maximum absolute atomic E-state index is 12.7. The molecule has 0 aliphatic heterocycles. The smallest absolute Gasteiger partial charge is 0.419 e. The Balaban J connectivity index is 2.16. The molecule has 0 fully saturated rings. The number of fused-ring (bicyclic) bond motifs is 1. The van der Waals surface area contributed by atoms with Gasteiger partial charge in [-0.15, -0.1) is 0 Å². The van der Waals surface area contributed by atoms with Crippen LogP contribution in [0, 0.1) is 11.8 Å². The Labute approximate surface area is 183 Å². The summed E-state index contributed by atoms with van der Waals surface area (Å²) in [7, 11) is 1.61. The van der Waals surface area contributed by atoms with Crippen molar-refractivity contribution in [1.82, 2.24) is 4.90 Å². The predicted molar refractivity (Wildman–Crippen MR) is 118 cm³/mol. The fraction of sp³-hybridized carbons (Fsp3) is 0.458. The van der Waals surface area contributed by atoms with Gasteiger partial charge in [0.25, 0.3) is 6.29 Å². The van der Waals surface area contributed by atoms with Gasteiger partial charge in [-0.2, -0.15) is 0 Å². The van der Waals surface area contributed by atoms with E-state index >= 15 is 0 Å². The number of hydrogen-bond donors (Lipinski definition) is 0. The van der Waals surface area contributed by atoms with Crippen molar-refractivity contribution >= 4 is 28.7 Å². The van der Waals surface area contributed by atoms with Gasteiger partial charge < -0.3 is 14.2 Å². The molecule has 31 heavy (non-hydrogen) atoms. The van der Waals surface area contributed by atoms with E-state index in [9.17, 15) is 14.4 Å². The number of rotatable bonds is 8. The van der Waals surface area contributed by atoms with Crippen LogP contribution in [0.1, 0.15) is 40.2 Å². The van der Waals surface area contributed by atoms with E-state index in [1.807, 2.05) is 36.4 Å². The van der Waals surface area contributed by atoms with Crippen LogP contribution >= 0.6 is 0 Å². The highest BCUT2D eigenvalue weighted by Crippen LogP contribution is 2.25. The van der Waals surface area contributed by atoms with Crippen LogP contribution in [-0.4, -0.2) is 42.8 Å². The number of ether oxygens (including phenoxy) is 3. The molecule has 7 heteroatoms.